The molecule has 9 nitrogen and oxygen atoms in total. The lowest BCUT2D eigenvalue weighted by molar-refractivity contribution is -0.126. The summed E-state index contributed by atoms with van der Waals surface area (Å²) in [6.45, 7) is 1.58. The number of para-hydroxylation sites is 2. The van der Waals surface area contributed by atoms with Crippen LogP contribution >= 0.6 is 11.8 Å². The molecule has 1 atom stereocenters. The minimum atomic E-state index is -0.113. The number of benzene rings is 1. The van der Waals surface area contributed by atoms with Gasteiger partial charge >= 0.3 is 0 Å². The molecule has 1 fully saturated rings. The number of hydrogen-bond donors (Lipinski definition) is 2. The van der Waals surface area contributed by atoms with Crippen LogP contribution in [0.15, 0.2) is 42.7 Å². The van der Waals surface area contributed by atoms with Crippen LogP contribution in [0.25, 0.3) is 16.7 Å². The Kier molecular flexibility index (Phi) is 5.93. The maximum Gasteiger partial charge on any atom is 0.223 e. The van der Waals surface area contributed by atoms with Crippen molar-refractivity contribution in [2.24, 2.45) is 5.92 Å². The zero-order valence-electron chi connectivity index (χ0n) is 17.9. The van der Waals surface area contributed by atoms with E-state index in [1.807, 2.05) is 36.4 Å². The molecule has 0 radical (unpaired) electrons. The highest BCUT2D eigenvalue weighted by atomic mass is 32.2. The van der Waals surface area contributed by atoms with Gasteiger partial charge in [0.25, 0.3) is 0 Å². The standard InChI is InChI=1S/C22H26N8OS/c1-32-13-10-18(21-24-16-4-2-3-5-17(16)25-21)26-22(31)15-8-11-29(12-9-15)20-7-6-19-27-23-14-30(19)28-20/h2-7,14-15,18H,8-13H2,1H3,(H,24,25)(H,26,31). The van der Waals surface area contributed by atoms with Crippen LogP contribution in [0.2, 0.25) is 0 Å². The van der Waals surface area contributed by atoms with Gasteiger partial charge in [0.1, 0.15) is 18.0 Å². The Balaban J connectivity index is 1.23. The summed E-state index contributed by atoms with van der Waals surface area (Å²) in [5.74, 6) is 2.77. The molecule has 4 heterocycles. The third-order valence-corrected chi connectivity index (χ3v) is 6.65. The molecule has 1 aromatic carbocycles. The molecule has 0 bridgehead atoms. The van der Waals surface area contributed by atoms with Crippen LogP contribution in [-0.2, 0) is 4.79 Å². The molecule has 1 aliphatic rings. The van der Waals surface area contributed by atoms with E-state index in [0.717, 1.165) is 66.4 Å². The molecule has 1 unspecified atom stereocenters. The lowest BCUT2D eigenvalue weighted by atomic mass is 9.95. The van der Waals surface area contributed by atoms with E-state index < -0.39 is 0 Å². The van der Waals surface area contributed by atoms with Crippen molar-refractivity contribution in [3.05, 3.63) is 48.5 Å². The van der Waals surface area contributed by atoms with Crippen molar-refractivity contribution >= 4 is 40.2 Å². The second kappa shape index (κ2) is 9.15. The number of hydrogen-bond acceptors (Lipinski definition) is 7. The van der Waals surface area contributed by atoms with Gasteiger partial charge in [-0.3, -0.25) is 4.79 Å². The van der Waals surface area contributed by atoms with Crippen molar-refractivity contribution in [1.82, 2.24) is 35.1 Å². The van der Waals surface area contributed by atoms with E-state index in [0.29, 0.717) is 0 Å². The summed E-state index contributed by atoms with van der Waals surface area (Å²) in [5, 5.41) is 15.7. The second-order valence-corrected chi connectivity index (χ2v) is 9.05. The summed E-state index contributed by atoms with van der Waals surface area (Å²) >= 11 is 1.78. The van der Waals surface area contributed by atoms with Gasteiger partial charge in [0.05, 0.1) is 17.1 Å². The minimum absolute atomic E-state index is 0.00829. The van der Waals surface area contributed by atoms with Gasteiger partial charge in [-0.1, -0.05) is 12.1 Å². The van der Waals surface area contributed by atoms with E-state index in [1.165, 1.54) is 0 Å². The molecule has 4 aromatic rings. The molecule has 2 N–H and O–H groups in total. The monoisotopic (exact) mass is 450 g/mol. The molecular weight excluding hydrogens is 424 g/mol. The van der Waals surface area contributed by atoms with Crippen LogP contribution in [-0.4, -0.2) is 60.8 Å². The number of nitrogens with one attached hydrogen (secondary N) is 2. The van der Waals surface area contributed by atoms with Crippen LogP contribution in [0.5, 0.6) is 0 Å². The van der Waals surface area contributed by atoms with Crippen molar-refractivity contribution < 1.29 is 4.79 Å². The lowest BCUT2D eigenvalue weighted by Gasteiger charge is -2.32. The maximum absolute atomic E-state index is 13.1. The van der Waals surface area contributed by atoms with E-state index in [2.05, 4.69) is 36.8 Å². The number of imidazole rings is 1. The molecular formula is C22H26N8OS. The average molecular weight is 451 g/mol. The summed E-state index contributed by atoms with van der Waals surface area (Å²) in [5.41, 5.74) is 2.65. The fourth-order valence-electron chi connectivity index (χ4n) is 4.20. The number of nitrogens with zero attached hydrogens (tertiary/aromatic N) is 6. The van der Waals surface area contributed by atoms with Crippen molar-refractivity contribution in [1.29, 1.82) is 0 Å². The van der Waals surface area contributed by atoms with Crippen LogP contribution < -0.4 is 10.2 Å². The average Bonchev–Trinajstić information content (AvgIpc) is 3.48. The first-order valence-electron chi connectivity index (χ1n) is 10.9. The molecule has 5 rings (SSSR count). The van der Waals surface area contributed by atoms with E-state index >= 15 is 0 Å². The zero-order chi connectivity index (χ0) is 21.9. The SMILES string of the molecule is CSCCC(NC(=O)C1CCN(c2ccc3nncn3n2)CC1)c1nc2ccccc2[nH]1. The van der Waals surface area contributed by atoms with Gasteiger partial charge in [0.2, 0.25) is 5.91 Å². The molecule has 3 aromatic heterocycles. The molecule has 0 saturated carbocycles. The third-order valence-electron chi connectivity index (χ3n) is 6.00. The van der Waals surface area contributed by atoms with E-state index in [9.17, 15) is 4.79 Å². The van der Waals surface area contributed by atoms with Crippen molar-refractivity contribution in [2.75, 3.05) is 30.0 Å². The molecule has 166 valence electrons. The maximum atomic E-state index is 13.1. The first-order valence-corrected chi connectivity index (χ1v) is 12.3. The van der Waals surface area contributed by atoms with Crippen LogP contribution in [0, 0.1) is 5.92 Å². The fourth-order valence-corrected chi connectivity index (χ4v) is 4.67. The molecule has 1 saturated heterocycles. The Hall–Kier alpha value is -3.14. The van der Waals surface area contributed by atoms with E-state index in [4.69, 9.17) is 4.98 Å². The number of piperidine rings is 1. The highest BCUT2D eigenvalue weighted by Crippen LogP contribution is 2.25. The van der Waals surface area contributed by atoms with Gasteiger partial charge in [-0.05, 0) is 55.5 Å². The predicted molar refractivity (Wildman–Crippen MR) is 126 cm³/mol. The number of rotatable bonds is 7. The first kappa shape index (κ1) is 20.7. The summed E-state index contributed by atoms with van der Waals surface area (Å²) in [7, 11) is 0. The van der Waals surface area contributed by atoms with Crippen molar-refractivity contribution in [3.8, 4) is 0 Å². The highest BCUT2D eigenvalue weighted by molar-refractivity contribution is 7.98. The Morgan fingerprint density at radius 1 is 1.25 bits per heavy atom. The highest BCUT2D eigenvalue weighted by Gasteiger charge is 2.28. The van der Waals surface area contributed by atoms with Gasteiger partial charge < -0.3 is 15.2 Å². The summed E-state index contributed by atoms with van der Waals surface area (Å²) in [4.78, 5) is 23.5. The van der Waals surface area contributed by atoms with Crippen molar-refractivity contribution in [2.45, 2.75) is 25.3 Å². The van der Waals surface area contributed by atoms with Gasteiger partial charge in [-0.15, -0.1) is 15.3 Å². The Labute approximate surface area is 190 Å². The number of aromatic nitrogens is 6. The Morgan fingerprint density at radius 3 is 2.91 bits per heavy atom. The normalized spacial score (nSPS) is 16.0. The van der Waals surface area contributed by atoms with E-state index in [1.54, 1.807) is 22.6 Å². The zero-order valence-corrected chi connectivity index (χ0v) is 18.8. The number of carbonyl (C=O) groups excluding carboxylic acids is 1. The van der Waals surface area contributed by atoms with Crippen LogP contribution in [0.4, 0.5) is 5.82 Å². The third kappa shape index (κ3) is 4.27. The van der Waals surface area contributed by atoms with Crippen LogP contribution in [0.1, 0.15) is 31.1 Å². The lowest BCUT2D eigenvalue weighted by Crippen LogP contribution is -2.42. The number of carbonyl (C=O) groups is 1. The van der Waals surface area contributed by atoms with Gasteiger partial charge in [-0.25, -0.2) is 4.98 Å². The smallest absolute Gasteiger partial charge is 0.223 e. The van der Waals surface area contributed by atoms with Crippen LogP contribution in [0.3, 0.4) is 0 Å². The Bertz CT molecular complexity index is 1180. The molecule has 1 amide bonds. The number of fused-ring (bicyclic) bond motifs is 2. The predicted octanol–water partition coefficient (Wildman–Crippen LogP) is 2.83. The minimum Gasteiger partial charge on any atom is -0.355 e. The summed E-state index contributed by atoms with van der Waals surface area (Å²) in [6.07, 6.45) is 6.12. The molecule has 10 heteroatoms. The summed E-state index contributed by atoms with van der Waals surface area (Å²) in [6, 6.07) is 11.7. The molecule has 32 heavy (non-hydrogen) atoms. The Morgan fingerprint density at radius 2 is 2.09 bits per heavy atom. The number of amides is 1. The number of aromatic amines is 1. The van der Waals surface area contributed by atoms with Crippen molar-refractivity contribution in [3.63, 3.8) is 0 Å². The molecule has 1 aliphatic heterocycles. The topological polar surface area (TPSA) is 104 Å². The molecule has 0 spiro atoms. The summed E-state index contributed by atoms with van der Waals surface area (Å²) < 4.78 is 1.68. The number of H-pyrrole nitrogens is 1. The second-order valence-electron chi connectivity index (χ2n) is 8.07. The number of thioether (sulfide) groups is 1. The largest absolute Gasteiger partial charge is 0.355 e. The van der Waals surface area contributed by atoms with Gasteiger partial charge in [0, 0.05) is 19.0 Å². The fraction of sp³-hybridized carbons (Fsp3) is 0.409. The first-order chi connectivity index (χ1) is 15.7. The number of anilines is 1. The van der Waals surface area contributed by atoms with Gasteiger partial charge in [0.15, 0.2) is 5.65 Å². The van der Waals surface area contributed by atoms with Gasteiger partial charge in [-0.2, -0.15) is 16.3 Å². The quantitative estimate of drug-likeness (QED) is 0.446. The molecule has 0 aliphatic carbocycles. The van der Waals surface area contributed by atoms with E-state index in [-0.39, 0.29) is 17.9 Å².